The second-order valence-corrected chi connectivity index (χ2v) is 7.31. The zero-order chi connectivity index (χ0) is 22.1. The lowest BCUT2D eigenvalue weighted by Crippen LogP contribution is -2.37. The van der Waals surface area contributed by atoms with Crippen molar-refractivity contribution < 1.29 is 13.6 Å². The highest BCUT2D eigenvalue weighted by Gasteiger charge is 2.13. The molecule has 1 amide bonds. The summed E-state index contributed by atoms with van der Waals surface area (Å²) in [6, 6.07) is 21.8. The van der Waals surface area contributed by atoms with Gasteiger partial charge in [-0.15, -0.1) is 0 Å². The number of nitrogens with zero attached hydrogens (tertiary/aromatic N) is 2. The Labute approximate surface area is 180 Å². The van der Waals surface area contributed by atoms with Gasteiger partial charge in [0.05, 0.1) is 18.2 Å². The van der Waals surface area contributed by atoms with E-state index in [1.807, 2.05) is 23.1 Å². The van der Waals surface area contributed by atoms with Gasteiger partial charge in [0, 0.05) is 19.6 Å². The van der Waals surface area contributed by atoms with Gasteiger partial charge in [0.15, 0.2) is 0 Å². The molecule has 0 radical (unpaired) electrons. The van der Waals surface area contributed by atoms with Crippen LogP contribution in [0.25, 0.3) is 0 Å². The Morgan fingerprint density at radius 3 is 2.23 bits per heavy atom. The highest BCUT2D eigenvalue weighted by molar-refractivity contribution is 5.78. The molecule has 3 rings (SSSR count). The molecule has 0 aliphatic carbocycles. The highest BCUT2D eigenvalue weighted by atomic mass is 19.1. The minimum Gasteiger partial charge on any atom is -0.355 e. The van der Waals surface area contributed by atoms with Crippen molar-refractivity contribution in [2.24, 2.45) is 0 Å². The number of halogens is 2. The molecule has 0 unspecified atom stereocenters. The third-order valence-electron chi connectivity index (χ3n) is 4.80. The van der Waals surface area contributed by atoms with Gasteiger partial charge in [-0.25, -0.2) is 8.78 Å². The standard InChI is InChI=1S/C25H23F2N3O/c26-23-10-8-19(9-11-23)12-13-29-25(31)18-30(17-22-2-1-3-24(27)14-22)16-21-6-4-20(15-28)5-7-21/h1-11,14H,12-13,16-18H2,(H,29,31). The molecule has 1 N–H and O–H groups in total. The molecule has 0 aliphatic rings. The van der Waals surface area contributed by atoms with Crippen molar-refractivity contribution in [1.82, 2.24) is 10.2 Å². The lowest BCUT2D eigenvalue weighted by atomic mass is 10.1. The highest BCUT2D eigenvalue weighted by Crippen LogP contribution is 2.12. The molecular formula is C25H23F2N3O. The zero-order valence-electron chi connectivity index (χ0n) is 17.0. The average molecular weight is 419 g/mol. The Bertz CT molecular complexity index is 1040. The van der Waals surface area contributed by atoms with Crippen LogP contribution < -0.4 is 5.32 Å². The number of hydrogen-bond donors (Lipinski definition) is 1. The number of rotatable bonds is 9. The van der Waals surface area contributed by atoms with Crippen LogP contribution in [0.15, 0.2) is 72.8 Å². The minimum absolute atomic E-state index is 0.139. The van der Waals surface area contributed by atoms with E-state index in [9.17, 15) is 13.6 Å². The van der Waals surface area contributed by atoms with Gasteiger partial charge in [-0.1, -0.05) is 36.4 Å². The first-order valence-corrected chi connectivity index (χ1v) is 9.99. The maximum absolute atomic E-state index is 13.6. The normalized spacial score (nSPS) is 10.6. The largest absolute Gasteiger partial charge is 0.355 e. The summed E-state index contributed by atoms with van der Waals surface area (Å²) in [6.45, 7) is 1.46. The monoisotopic (exact) mass is 419 g/mol. The number of nitrogens with one attached hydrogen (secondary N) is 1. The van der Waals surface area contributed by atoms with Gasteiger partial charge >= 0.3 is 0 Å². The number of nitriles is 1. The first-order valence-electron chi connectivity index (χ1n) is 9.99. The predicted octanol–water partition coefficient (Wildman–Crippen LogP) is 4.20. The first-order chi connectivity index (χ1) is 15.0. The lowest BCUT2D eigenvalue weighted by molar-refractivity contribution is -0.122. The minimum atomic E-state index is -0.320. The Balaban J connectivity index is 1.60. The van der Waals surface area contributed by atoms with Gasteiger partial charge in [0.25, 0.3) is 0 Å². The molecule has 0 saturated heterocycles. The topological polar surface area (TPSA) is 56.1 Å². The number of carbonyl (C=O) groups excluding carboxylic acids is 1. The van der Waals surface area contributed by atoms with Crippen LogP contribution in [0.5, 0.6) is 0 Å². The van der Waals surface area contributed by atoms with Crippen molar-refractivity contribution in [2.75, 3.05) is 13.1 Å². The van der Waals surface area contributed by atoms with Crippen molar-refractivity contribution in [2.45, 2.75) is 19.5 Å². The summed E-state index contributed by atoms with van der Waals surface area (Å²) in [6.07, 6.45) is 0.603. The summed E-state index contributed by atoms with van der Waals surface area (Å²) in [7, 11) is 0. The van der Waals surface area contributed by atoms with Crippen molar-refractivity contribution in [1.29, 1.82) is 5.26 Å². The van der Waals surface area contributed by atoms with E-state index in [0.29, 0.717) is 31.6 Å². The third kappa shape index (κ3) is 7.32. The van der Waals surface area contributed by atoms with Crippen molar-refractivity contribution in [3.8, 4) is 6.07 Å². The summed E-state index contributed by atoms with van der Waals surface area (Å²) < 4.78 is 26.6. The summed E-state index contributed by atoms with van der Waals surface area (Å²) in [5.74, 6) is -0.754. The second kappa shape index (κ2) is 11.0. The molecule has 3 aromatic rings. The Hall–Kier alpha value is -3.56. The van der Waals surface area contributed by atoms with Crippen LogP contribution in [0.3, 0.4) is 0 Å². The van der Waals surface area contributed by atoms with Crippen LogP contribution in [0.2, 0.25) is 0 Å². The first kappa shape index (κ1) is 22.1. The molecule has 0 saturated carbocycles. The number of benzene rings is 3. The number of hydrogen-bond acceptors (Lipinski definition) is 3. The SMILES string of the molecule is N#Cc1ccc(CN(CC(=O)NCCc2ccc(F)cc2)Cc2cccc(F)c2)cc1. The van der Waals surface area contributed by atoms with E-state index in [-0.39, 0.29) is 24.1 Å². The van der Waals surface area contributed by atoms with Crippen molar-refractivity contribution in [3.05, 3.63) is 107 Å². The molecule has 3 aromatic carbocycles. The van der Waals surface area contributed by atoms with Crippen LogP contribution in [0.4, 0.5) is 8.78 Å². The smallest absolute Gasteiger partial charge is 0.234 e. The molecule has 4 nitrogen and oxygen atoms in total. The fourth-order valence-corrected chi connectivity index (χ4v) is 3.26. The van der Waals surface area contributed by atoms with E-state index in [1.54, 1.807) is 30.3 Å². The molecule has 158 valence electrons. The maximum Gasteiger partial charge on any atom is 0.234 e. The van der Waals surface area contributed by atoms with Crippen LogP contribution in [-0.4, -0.2) is 23.9 Å². The maximum atomic E-state index is 13.6. The molecule has 31 heavy (non-hydrogen) atoms. The van der Waals surface area contributed by atoms with Crippen molar-refractivity contribution >= 4 is 5.91 Å². The van der Waals surface area contributed by atoms with E-state index in [0.717, 1.165) is 16.7 Å². The van der Waals surface area contributed by atoms with Crippen LogP contribution >= 0.6 is 0 Å². The summed E-state index contributed by atoms with van der Waals surface area (Å²) in [4.78, 5) is 14.4. The van der Waals surface area contributed by atoms with Crippen LogP contribution in [-0.2, 0) is 24.3 Å². The Morgan fingerprint density at radius 1 is 0.871 bits per heavy atom. The van der Waals surface area contributed by atoms with E-state index < -0.39 is 0 Å². The zero-order valence-corrected chi connectivity index (χ0v) is 17.0. The molecule has 0 atom stereocenters. The van der Waals surface area contributed by atoms with Gasteiger partial charge in [-0.05, 0) is 59.5 Å². The van der Waals surface area contributed by atoms with E-state index in [2.05, 4.69) is 11.4 Å². The average Bonchev–Trinajstić information content (AvgIpc) is 2.75. The summed E-state index contributed by atoms with van der Waals surface area (Å²) in [5.41, 5.74) is 3.23. The molecule has 0 fully saturated rings. The van der Waals surface area contributed by atoms with E-state index in [1.165, 1.54) is 24.3 Å². The second-order valence-electron chi connectivity index (χ2n) is 7.31. The summed E-state index contributed by atoms with van der Waals surface area (Å²) in [5, 5.41) is 11.8. The fraction of sp³-hybridized carbons (Fsp3) is 0.200. The van der Waals surface area contributed by atoms with Gasteiger partial charge < -0.3 is 5.32 Å². The van der Waals surface area contributed by atoms with E-state index >= 15 is 0 Å². The van der Waals surface area contributed by atoms with Crippen molar-refractivity contribution in [3.63, 3.8) is 0 Å². The Kier molecular flexibility index (Phi) is 7.85. The number of carbonyl (C=O) groups is 1. The molecular weight excluding hydrogens is 396 g/mol. The Morgan fingerprint density at radius 2 is 1.55 bits per heavy atom. The van der Waals surface area contributed by atoms with E-state index in [4.69, 9.17) is 5.26 Å². The molecule has 0 bridgehead atoms. The van der Waals surface area contributed by atoms with Gasteiger partial charge in [0.1, 0.15) is 11.6 Å². The predicted molar refractivity (Wildman–Crippen MR) is 115 cm³/mol. The quantitative estimate of drug-likeness (QED) is 0.566. The molecule has 0 heterocycles. The molecule has 6 heteroatoms. The van der Waals surface area contributed by atoms with Gasteiger partial charge in [-0.2, -0.15) is 5.26 Å². The summed E-state index contributed by atoms with van der Waals surface area (Å²) >= 11 is 0. The van der Waals surface area contributed by atoms with Crippen LogP contribution in [0.1, 0.15) is 22.3 Å². The molecule has 0 aliphatic heterocycles. The number of amides is 1. The third-order valence-corrected chi connectivity index (χ3v) is 4.80. The lowest BCUT2D eigenvalue weighted by Gasteiger charge is -2.22. The molecule has 0 aromatic heterocycles. The van der Waals surface area contributed by atoms with Gasteiger partial charge in [0.2, 0.25) is 5.91 Å². The fourth-order valence-electron chi connectivity index (χ4n) is 3.26. The van der Waals surface area contributed by atoms with Gasteiger partial charge in [-0.3, -0.25) is 9.69 Å². The molecule has 0 spiro atoms. The van der Waals surface area contributed by atoms with Crippen LogP contribution in [0, 0.1) is 23.0 Å².